The van der Waals surface area contributed by atoms with Gasteiger partial charge in [0, 0.05) is 10.9 Å². The van der Waals surface area contributed by atoms with E-state index in [1.54, 1.807) is 18.2 Å². The second-order valence-corrected chi connectivity index (χ2v) is 5.07. The monoisotopic (exact) mass is 247 g/mol. The first-order valence-corrected chi connectivity index (χ1v) is 6.42. The van der Waals surface area contributed by atoms with Crippen molar-refractivity contribution in [3.8, 4) is 0 Å². The van der Waals surface area contributed by atoms with Gasteiger partial charge in [-0.25, -0.2) is 0 Å². The molecule has 15 heavy (non-hydrogen) atoms. The Morgan fingerprint density at radius 3 is 2.53 bits per heavy atom. The summed E-state index contributed by atoms with van der Waals surface area (Å²) in [6.45, 7) is 0. The number of hydrogen-bond donors (Lipinski definition) is 3. The summed E-state index contributed by atoms with van der Waals surface area (Å²) < 4.78 is 11.5. The van der Waals surface area contributed by atoms with E-state index in [9.17, 15) is 4.57 Å². The summed E-state index contributed by atoms with van der Waals surface area (Å²) in [7, 11) is -3.39. The minimum atomic E-state index is -3.39. The van der Waals surface area contributed by atoms with Crippen LogP contribution in [0.25, 0.3) is 0 Å². The maximum atomic E-state index is 11.5. The standard InChI is InChI=1S/C8H11ClN3O2P/c9-5-7(12-13)6-3-1-2-4-8(6)15(10,11)14/h1-4,13H,5H2,(H4,10,11,14). The molecule has 5 nitrogen and oxygen atoms in total. The summed E-state index contributed by atoms with van der Waals surface area (Å²) in [5.74, 6) is -0.0203. The van der Waals surface area contributed by atoms with Gasteiger partial charge in [-0.05, 0) is 6.07 Å². The van der Waals surface area contributed by atoms with Gasteiger partial charge in [-0.1, -0.05) is 23.4 Å². The highest BCUT2D eigenvalue weighted by atomic mass is 35.5. The molecule has 0 aliphatic heterocycles. The molecule has 0 saturated carbocycles. The molecule has 0 aliphatic carbocycles. The van der Waals surface area contributed by atoms with E-state index in [0.717, 1.165) is 0 Å². The Hall–Kier alpha value is -0.870. The zero-order valence-electron chi connectivity index (χ0n) is 7.80. The molecule has 0 spiro atoms. The van der Waals surface area contributed by atoms with Crippen molar-refractivity contribution >= 4 is 30.1 Å². The third kappa shape index (κ3) is 2.79. The molecule has 0 fully saturated rings. The van der Waals surface area contributed by atoms with Crippen molar-refractivity contribution in [2.75, 3.05) is 5.88 Å². The van der Waals surface area contributed by atoms with Crippen LogP contribution in [0.5, 0.6) is 0 Å². The summed E-state index contributed by atoms with van der Waals surface area (Å²) in [5, 5.41) is 12.0. The van der Waals surface area contributed by atoms with Crippen molar-refractivity contribution in [3.63, 3.8) is 0 Å². The lowest BCUT2D eigenvalue weighted by atomic mass is 10.1. The largest absolute Gasteiger partial charge is 0.411 e. The number of nitrogens with two attached hydrogens (primary N) is 2. The third-order valence-electron chi connectivity index (χ3n) is 1.84. The summed E-state index contributed by atoms with van der Waals surface area (Å²) in [6.07, 6.45) is 0. The molecule has 0 heterocycles. The van der Waals surface area contributed by atoms with E-state index >= 15 is 0 Å². The lowest BCUT2D eigenvalue weighted by Crippen LogP contribution is -2.25. The molecule has 0 unspecified atom stereocenters. The van der Waals surface area contributed by atoms with Crippen molar-refractivity contribution in [1.82, 2.24) is 0 Å². The number of nitrogens with zero attached hydrogens (tertiary/aromatic N) is 1. The molecule has 5 N–H and O–H groups in total. The molecule has 0 aliphatic rings. The van der Waals surface area contributed by atoms with Gasteiger partial charge in [0.2, 0.25) is 7.44 Å². The van der Waals surface area contributed by atoms with Gasteiger partial charge >= 0.3 is 0 Å². The summed E-state index contributed by atoms with van der Waals surface area (Å²) in [5.41, 5.74) is 11.3. The molecule has 0 bridgehead atoms. The minimum Gasteiger partial charge on any atom is -0.411 e. The Kier molecular flexibility index (Phi) is 3.88. The molecule has 0 amide bonds. The Labute approximate surface area is 92.2 Å². The zero-order valence-corrected chi connectivity index (χ0v) is 9.45. The van der Waals surface area contributed by atoms with Gasteiger partial charge in [-0.15, -0.1) is 11.6 Å². The fourth-order valence-electron chi connectivity index (χ4n) is 1.18. The van der Waals surface area contributed by atoms with Crippen LogP contribution < -0.4 is 16.3 Å². The van der Waals surface area contributed by atoms with Gasteiger partial charge in [0.25, 0.3) is 0 Å². The predicted molar refractivity (Wildman–Crippen MR) is 61.1 cm³/mol. The number of rotatable bonds is 3. The van der Waals surface area contributed by atoms with Gasteiger partial charge < -0.3 is 5.21 Å². The Bertz CT molecular complexity index is 430. The summed E-state index contributed by atoms with van der Waals surface area (Å²) >= 11 is 5.56. The Morgan fingerprint density at radius 1 is 1.47 bits per heavy atom. The molecule has 82 valence electrons. The first kappa shape index (κ1) is 12.2. The van der Waals surface area contributed by atoms with Gasteiger partial charge in [0.1, 0.15) is 5.71 Å². The highest BCUT2D eigenvalue weighted by molar-refractivity contribution is 7.67. The van der Waals surface area contributed by atoms with E-state index in [0.29, 0.717) is 5.56 Å². The number of benzene rings is 1. The molecule has 1 aromatic carbocycles. The Balaban J connectivity index is 3.37. The maximum absolute atomic E-state index is 11.5. The van der Waals surface area contributed by atoms with Crippen LogP contribution in [0.3, 0.4) is 0 Å². The highest BCUT2D eigenvalue weighted by Gasteiger charge is 2.19. The predicted octanol–water partition coefficient (Wildman–Crippen LogP) is 0.839. The molecular formula is C8H11ClN3O2P. The van der Waals surface area contributed by atoms with Gasteiger partial charge in [-0.2, -0.15) is 0 Å². The first-order valence-electron chi connectivity index (χ1n) is 4.04. The van der Waals surface area contributed by atoms with Crippen LogP contribution in [0, 0.1) is 0 Å². The first-order chi connectivity index (χ1) is 7.00. The lowest BCUT2D eigenvalue weighted by Gasteiger charge is -2.12. The van der Waals surface area contributed by atoms with E-state index in [1.165, 1.54) is 6.07 Å². The number of alkyl halides is 1. The minimum absolute atomic E-state index is 0.0203. The SMILES string of the molecule is NP(N)(=O)c1ccccc1C(CCl)=NO. The molecule has 0 radical (unpaired) electrons. The van der Waals surface area contributed by atoms with Crippen LogP contribution in [-0.4, -0.2) is 16.8 Å². The number of oxime groups is 1. The van der Waals surface area contributed by atoms with Gasteiger partial charge in [0.05, 0.1) is 5.88 Å². The molecular weight excluding hydrogens is 237 g/mol. The smallest absolute Gasteiger partial charge is 0.236 e. The molecule has 0 saturated heterocycles. The average molecular weight is 248 g/mol. The lowest BCUT2D eigenvalue weighted by molar-refractivity contribution is 0.319. The zero-order chi connectivity index (χ0) is 11.5. The van der Waals surface area contributed by atoms with Crippen LogP contribution in [-0.2, 0) is 4.57 Å². The van der Waals surface area contributed by atoms with Crippen LogP contribution in [0.2, 0.25) is 0 Å². The number of halogens is 1. The van der Waals surface area contributed by atoms with E-state index in [-0.39, 0.29) is 16.9 Å². The van der Waals surface area contributed by atoms with Crippen molar-refractivity contribution in [2.24, 2.45) is 16.2 Å². The fraction of sp³-hybridized carbons (Fsp3) is 0.125. The van der Waals surface area contributed by atoms with Crippen LogP contribution in [0.4, 0.5) is 0 Å². The van der Waals surface area contributed by atoms with Crippen molar-refractivity contribution in [1.29, 1.82) is 0 Å². The number of hydrogen-bond acceptors (Lipinski definition) is 3. The van der Waals surface area contributed by atoms with Crippen LogP contribution in [0.1, 0.15) is 5.56 Å². The van der Waals surface area contributed by atoms with Gasteiger partial charge in [0.15, 0.2) is 0 Å². The Morgan fingerprint density at radius 2 is 2.07 bits per heavy atom. The van der Waals surface area contributed by atoms with Crippen LogP contribution in [0.15, 0.2) is 29.4 Å². The second-order valence-electron chi connectivity index (χ2n) is 2.91. The quantitative estimate of drug-likeness (QED) is 0.242. The van der Waals surface area contributed by atoms with Gasteiger partial charge in [-0.3, -0.25) is 15.6 Å². The van der Waals surface area contributed by atoms with E-state index < -0.39 is 7.44 Å². The summed E-state index contributed by atoms with van der Waals surface area (Å²) in [6, 6.07) is 6.45. The topological polar surface area (TPSA) is 102 Å². The molecule has 0 aromatic heterocycles. The molecule has 1 rings (SSSR count). The third-order valence-corrected chi connectivity index (χ3v) is 3.23. The maximum Gasteiger partial charge on any atom is 0.236 e. The fourth-order valence-corrected chi connectivity index (χ4v) is 2.27. The van der Waals surface area contributed by atoms with E-state index in [1.807, 2.05) is 0 Å². The van der Waals surface area contributed by atoms with E-state index in [4.69, 9.17) is 27.8 Å². The highest BCUT2D eigenvalue weighted by Crippen LogP contribution is 2.26. The van der Waals surface area contributed by atoms with Crippen molar-refractivity contribution < 1.29 is 9.77 Å². The van der Waals surface area contributed by atoms with E-state index in [2.05, 4.69) is 5.16 Å². The molecule has 1 aromatic rings. The summed E-state index contributed by atoms with van der Waals surface area (Å²) in [4.78, 5) is 0. The molecule has 7 heteroatoms. The van der Waals surface area contributed by atoms with Crippen molar-refractivity contribution in [3.05, 3.63) is 29.8 Å². The molecule has 0 atom stereocenters. The average Bonchev–Trinajstić information content (AvgIpc) is 2.19. The van der Waals surface area contributed by atoms with Crippen LogP contribution >= 0.6 is 19.0 Å². The normalized spacial score (nSPS) is 12.9. The second kappa shape index (κ2) is 4.77. The van der Waals surface area contributed by atoms with Crippen molar-refractivity contribution in [2.45, 2.75) is 0 Å².